The number of aromatic nitrogens is 1. The summed E-state index contributed by atoms with van der Waals surface area (Å²) in [5, 5.41) is 15.1. The first-order chi connectivity index (χ1) is 17.5. The molecule has 0 saturated heterocycles. The Morgan fingerprint density at radius 1 is 1.08 bits per heavy atom. The van der Waals surface area contributed by atoms with Gasteiger partial charge < -0.3 is 14.4 Å². The van der Waals surface area contributed by atoms with Gasteiger partial charge in [0.1, 0.15) is 17.3 Å². The highest BCUT2D eigenvalue weighted by molar-refractivity contribution is 6.24. The molecule has 2 aromatic carbocycles. The van der Waals surface area contributed by atoms with E-state index >= 15 is 0 Å². The van der Waals surface area contributed by atoms with Crippen LogP contribution in [-0.4, -0.2) is 34.7 Å². The van der Waals surface area contributed by atoms with Crippen molar-refractivity contribution in [3.05, 3.63) is 88.5 Å². The number of carbonyl (C=O) groups excluding carboxylic acids is 2. The van der Waals surface area contributed by atoms with Crippen LogP contribution < -0.4 is 4.74 Å². The van der Waals surface area contributed by atoms with Crippen LogP contribution in [0.2, 0.25) is 0 Å². The highest BCUT2D eigenvalue weighted by atomic mass is 16.5. The third kappa shape index (κ3) is 4.87. The van der Waals surface area contributed by atoms with Gasteiger partial charge >= 0.3 is 0 Å². The average molecular weight is 485 g/mol. The quantitative estimate of drug-likeness (QED) is 0.347. The van der Waals surface area contributed by atoms with Gasteiger partial charge in [-0.2, -0.15) is 0 Å². The van der Waals surface area contributed by atoms with E-state index in [0.29, 0.717) is 72.7 Å². The summed E-state index contributed by atoms with van der Waals surface area (Å²) in [6, 6.07) is 17.2. The number of aliphatic imine (C=N–C) groups is 1. The van der Waals surface area contributed by atoms with Gasteiger partial charge in [-0.3, -0.25) is 14.6 Å². The molecule has 1 aromatic heterocycles. The topological polar surface area (TPSA) is 102 Å². The van der Waals surface area contributed by atoms with Crippen molar-refractivity contribution in [3.63, 3.8) is 0 Å². The number of rotatable bonds is 6. The summed E-state index contributed by atoms with van der Waals surface area (Å²) in [5.41, 5.74) is 3.67. The van der Waals surface area contributed by atoms with Crippen molar-refractivity contribution in [2.45, 2.75) is 50.9 Å². The molecule has 0 aliphatic heterocycles. The summed E-state index contributed by atoms with van der Waals surface area (Å²) in [4.78, 5) is 30.4. The molecule has 2 aliphatic rings. The summed E-state index contributed by atoms with van der Waals surface area (Å²) in [7, 11) is 1.59. The predicted molar refractivity (Wildman–Crippen MR) is 135 cm³/mol. The number of aryl methyl sites for hydroxylation is 1. The third-order valence-corrected chi connectivity index (χ3v) is 6.84. The zero-order valence-electron chi connectivity index (χ0n) is 20.2. The van der Waals surface area contributed by atoms with Crippen LogP contribution in [-0.2, 0) is 17.6 Å². The number of ether oxygens (including phenoxy) is 1. The van der Waals surface area contributed by atoms with Gasteiger partial charge in [-0.25, -0.2) is 0 Å². The van der Waals surface area contributed by atoms with E-state index < -0.39 is 0 Å². The van der Waals surface area contributed by atoms with Gasteiger partial charge in [0.15, 0.2) is 11.6 Å². The highest BCUT2D eigenvalue weighted by Gasteiger charge is 2.33. The summed E-state index contributed by atoms with van der Waals surface area (Å²) < 4.78 is 10.8. The normalized spacial score (nSPS) is 20.4. The number of hydrogen-bond acceptors (Lipinski definition) is 7. The van der Waals surface area contributed by atoms with Gasteiger partial charge in [0.05, 0.1) is 35.3 Å². The molecule has 1 heterocycles. The molecule has 0 radical (unpaired) electrons. The molecule has 1 unspecified atom stereocenters. The summed E-state index contributed by atoms with van der Waals surface area (Å²) in [5.74, 6) is 1.19. The number of nitrogens with zero attached hydrogens (tertiary/aromatic N) is 2. The molecule has 184 valence electrons. The van der Waals surface area contributed by atoms with Crippen LogP contribution in [0.1, 0.15) is 65.4 Å². The fraction of sp³-hybridized carbons (Fsp3) is 0.310. The Bertz CT molecular complexity index is 1350. The van der Waals surface area contributed by atoms with Gasteiger partial charge in [0, 0.05) is 38.2 Å². The van der Waals surface area contributed by atoms with Gasteiger partial charge in [0.25, 0.3) is 0 Å². The lowest BCUT2D eigenvalue weighted by molar-refractivity contribution is -0.115. The maximum atomic E-state index is 13.0. The van der Waals surface area contributed by atoms with E-state index in [1.165, 1.54) is 0 Å². The van der Waals surface area contributed by atoms with E-state index in [0.717, 1.165) is 5.56 Å². The number of fused-ring (bicyclic) bond motifs is 1. The third-order valence-electron chi connectivity index (χ3n) is 6.84. The summed E-state index contributed by atoms with van der Waals surface area (Å²) in [6.45, 7) is 0. The molecule has 5 rings (SSSR count). The lowest BCUT2D eigenvalue weighted by Crippen LogP contribution is -2.21. The second kappa shape index (κ2) is 10.3. The van der Waals surface area contributed by atoms with E-state index in [4.69, 9.17) is 9.26 Å². The van der Waals surface area contributed by atoms with Crippen LogP contribution in [0.3, 0.4) is 0 Å². The van der Waals surface area contributed by atoms with E-state index in [1.54, 1.807) is 13.2 Å². The largest absolute Gasteiger partial charge is 0.511 e. The van der Waals surface area contributed by atoms with Crippen LogP contribution in [0.4, 0.5) is 5.69 Å². The minimum Gasteiger partial charge on any atom is -0.511 e. The number of aliphatic hydroxyl groups excluding tert-OH is 1. The molecule has 1 fully saturated rings. The molecule has 7 nitrogen and oxygen atoms in total. The van der Waals surface area contributed by atoms with E-state index in [9.17, 15) is 14.7 Å². The van der Waals surface area contributed by atoms with Crippen molar-refractivity contribution in [2.24, 2.45) is 4.99 Å². The van der Waals surface area contributed by atoms with Crippen molar-refractivity contribution in [2.75, 3.05) is 7.11 Å². The molecular formula is C29H28N2O5. The van der Waals surface area contributed by atoms with Crippen LogP contribution in [0, 0.1) is 0 Å². The Balaban J connectivity index is 1.36. The number of benzene rings is 2. The molecule has 2 aliphatic carbocycles. The maximum absolute atomic E-state index is 13.0. The first-order valence-electron chi connectivity index (χ1n) is 12.3. The fourth-order valence-electron chi connectivity index (χ4n) is 5.04. The van der Waals surface area contributed by atoms with Crippen LogP contribution >= 0.6 is 0 Å². The molecule has 1 atom stereocenters. The first kappa shape index (κ1) is 23.7. The van der Waals surface area contributed by atoms with Crippen LogP contribution in [0.5, 0.6) is 5.75 Å². The zero-order valence-corrected chi connectivity index (χ0v) is 20.2. The van der Waals surface area contributed by atoms with Crippen molar-refractivity contribution in [3.8, 4) is 5.75 Å². The number of ketones is 2. The van der Waals surface area contributed by atoms with Crippen molar-refractivity contribution in [1.29, 1.82) is 0 Å². The lowest BCUT2D eigenvalue weighted by Gasteiger charge is -2.20. The Kier molecular flexibility index (Phi) is 6.80. The smallest absolute Gasteiger partial charge is 0.168 e. The monoisotopic (exact) mass is 484 g/mol. The molecule has 3 aromatic rings. The number of hydrogen-bond donors (Lipinski definition) is 1. The molecule has 0 spiro atoms. The van der Waals surface area contributed by atoms with Crippen molar-refractivity contribution < 1.29 is 24.0 Å². The fourth-order valence-corrected chi connectivity index (χ4v) is 5.04. The van der Waals surface area contributed by atoms with Gasteiger partial charge in [-0.05, 0) is 36.5 Å². The van der Waals surface area contributed by atoms with Crippen molar-refractivity contribution >= 4 is 23.0 Å². The predicted octanol–water partition coefficient (Wildman–Crippen LogP) is 5.87. The Morgan fingerprint density at radius 3 is 2.72 bits per heavy atom. The molecule has 1 saturated carbocycles. The zero-order chi connectivity index (χ0) is 25.1. The number of aliphatic hydroxyl groups is 1. The van der Waals surface area contributed by atoms with Gasteiger partial charge in [-0.1, -0.05) is 41.6 Å². The second-order valence-corrected chi connectivity index (χ2v) is 9.22. The maximum Gasteiger partial charge on any atom is 0.168 e. The average Bonchev–Trinajstić information content (AvgIpc) is 3.31. The van der Waals surface area contributed by atoms with Crippen LogP contribution in [0.15, 0.2) is 75.4 Å². The van der Waals surface area contributed by atoms with E-state index in [2.05, 4.69) is 10.1 Å². The Hall–Kier alpha value is -4.00. The van der Waals surface area contributed by atoms with Gasteiger partial charge in [0.2, 0.25) is 0 Å². The van der Waals surface area contributed by atoms with E-state index in [-0.39, 0.29) is 35.2 Å². The molecule has 0 bridgehead atoms. The SMILES string of the molecule is COc1cccc(N=C2CCCC(=O)/C2=C(/O)CCc2noc3c2C(=O)CC(c2ccccc2)C3)c1. The number of allylic oxidation sites excluding steroid dienone is 2. The molecule has 0 amide bonds. The number of Topliss-reactive ketones (excluding diaryl/α,β-unsaturated/α-hetero) is 2. The number of carbonyl (C=O) groups is 2. The van der Waals surface area contributed by atoms with E-state index in [1.807, 2.05) is 48.5 Å². The number of methoxy groups -OCH3 is 1. The minimum atomic E-state index is -0.121. The lowest BCUT2D eigenvalue weighted by atomic mass is 9.81. The Labute approximate surface area is 209 Å². The Morgan fingerprint density at radius 2 is 1.92 bits per heavy atom. The standard InChI is InChI=1S/C29H28N2O5/c1-35-21-10-5-9-20(17-21)30-22-11-6-12-24(32)28(22)25(33)14-13-23-29-26(34)15-19(16-27(29)36-31-23)18-7-3-2-4-8-18/h2-5,7-10,17,19,33H,6,11-16H2,1H3/b28-25+,30-22?. The van der Waals surface area contributed by atoms with Crippen LogP contribution in [0.25, 0.3) is 0 Å². The highest BCUT2D eigenvalue weighted by Crippen LogP contribution is 2.35. The van der Waals surface area contributed by atoms with Crippen molar-refractivity contribution in [1.82, 2.24) is 5.16 Å². The summed E-state index contributed by atoms with van der Waals surface area (Å²) >= 11 is 0. The minimum absolute atomic E-state index is 0.00233. The molecule has 1 N–H and O–H groups in total. The summed E-state index contributed by atoms with van der Waals surface area (Å²) in [6.07, 6.45) is 3.14. The molecule has 36 heavy (non-hydrogen) atoms. The second-order valence-electron chi connectivity index (χ2n) is 9.22. The van der Waals surface area contributed by atoms with Gasteiger partial charge in [-0.15, -0.1) is 0 Å². The molecular weight excluding hydrogens is 456 g/mol. The molecule has 7 heteroatoms. The first-order valence-corrected chi connectivity index (χ1v) is 12.3.